The fourth-order valence-electron chi connectivity index (χ4n) is 3.55. The van der Waals surface area contributed by atoms with Crippen molar-refractivity contribution < 1.29 is 14.0 Å². The Bertz CT molecular complexity index is 1210. The van der Waals surface area contributed by atoms with Gasteiger partial charge in [0.2, 0.25) is 5.91 Å². The summed E-state index contributed by atoms with van der Waals surface area (Å²) in [5.41, 5.74) is 3.13. The van der Waals surface area contributed by atoms with E-state index in [1.165, 1.54) is 6.07 Å². The Morgan fingerprint density at radius 3 is 2.18 bits per heavy atom. The maximum atomic E-state index is 12.6. The molecule has 39 heavy (non-hydrogen) atoms. The summed E-state index contributed by atoms with van der Waals surface area (Å²) in [7, 11) is 1.84. The van der Waals surface area contributed by atoms with Gasteiger partial charge in [0.15, 0.2) is 5.78 Å². The number of hydrogen-bond acceptors (Lipinski definition) is 3. The Labute approximate surface area is 238 Å². The highest BCUT2D eigenvalue weighted by Gasteiger charge is 2.12. The Kier molecular flexibility index (Phi) is 16.1. The van der Waals surface area contributed by atoms with Gasteiger partial charge in [-0.1, -0.05) is 93.4 Å². The van der Waals surface area contributed by atoms with Crippen molar-refractivity contribution in [3.05, 3.63) is 106 Å². The third-order valence-electron chi connectivity index (χ3n) is 6.18. The molecule has 3 aromatic carbocycles. The van der Waals surface area contributed by atoms with E-state index >= 15 is 0 Å². The van der Waals surface area contributed by atoms with Crippen molar-refractivity contribution in [3.63, 3.8) is 0 Å². The first-order valence-corrected chi connectivity index (χ1v) is 13.7. The van der Waals surface area contributed by atoms with Crippen LogP contribution in [0.5, 0.6) is 0 Å². The zero-order valence-corrected chi connectivity index (χ0v) is 24.5. The number of Topliss-reactive ketones (excluding diaryl/α,β-unsaturated/α-hetero) is 1. The third-order valence-corrected chi connectivity index (χ3v) is 6.49. The van der Waals surface area contributed by atoms with Gasteiger partial charge in [-0.15, -0.1) is 0 Å². The largest absolute Gasteiger partial charge is 0.345 e. The van der Waals surface area contributed by atoms with E-state index in [0.717, 1.165) is 36.1 Å². The number of carbonyl (C=O) groups is 2. The number of aryl methyl sites for hydroxylation is 2. The molecule has 1 amide bonds. The molecule has 0 saturated heterocycles. The summed E-state index contributed by atoms with van der Waals surface area (Å²) in [6.45, 7) is 8.94. The van der Waals surface area contributed by atoms with Gasteiger partial charge in [0.05, 0.1) is 10.6 Å². The summed E-state index contributed by atoms with van der Waals surface area (Å²) in [5.74, 6) is 0.670. The molecule has 0 unspecified atom stereocenters. The second-order valence-corrected chi connectivity index (χ2v) is 9.88. The molecule has 0 N–H and O–H groups in total. The van der Waals surface area contributed by atoms with E-state index in [1.807, 2.05) is 69.4 Å². The molecule has 0 bridgehead atoms. The van der Waals surface area contributed by atoms with Crippen molar-refractivity contribution in [2.24, 2.45) is 5.92 Å². The minimum Gasteiger partial charge on any atom is -0.345 e. The highest BCUT2D eigenvalue weighted by Crippen LogP contribution is 2.15. The topological polar surface area (TPSA) is 61.2 Å². The van der Waals surface area contributed by atoms with Gasteiger partial charge in [0.1, 0.15) is 11.9 Å². The molecular formula is C33H40ClFN2O2. The van der Waals surface area contributed by atoms with Gasteiger partial charge in [0, 0.05) is 32.0 Å². The molecule has 0 radical (unpaired) electrons. The highest BCUT2D eigenvalue weighted by molar-refractivity contribution is 6.31. The summed E-state index contributed by atoms with van der Waals surface area (Å²) in [6, 6.07) is 23.4. The van der Waals surface area contributed by atoms with Crippen molar-refractivity contribution in [1.82, 2.24) is 4.90 Å². The number of carbonyl (C=O) groups excluding carboxylic acids is 2. The number of rotatable bonds is 9. The SMILES string of the molecule is CC[C@H](C)CN(C)C(=O)CCCC(=O)c1ccccc1.CCc1ccccc1F.Cc1ccc(C#N)c(Cl)c1. The molecule has 208 valence electrons. The quantitative estimate of drug-likeness (QED) is 0.251. The minimum atomic E-state index is -0.0972. The number of halogens is 2. The van der Waals surface area contributed by atoms with Crippen molar-refractivity contribution in [2.45, 2.75) is 59.8 Å². The maximum absolute atomic E-state index is 12.6. The van der Waals surface area contributed by atoms with Crippen molar-refractivity contribution in [1.29, 1.82) is 5.26 Å². The molecule has 0 heterocycles. The predicted molar refractivity (Wildman–Crippen MR) is 158 cm³/mol. The third kappa shape index (κ3) is 13.2. The molecule has 6 heteroatoms. The summed E-state index contributed by atoms with van der Waals surface area (Å²) in [6.07, 6.45) is 3.35. The number of benzene rings is 3. The molecule has 0 aliphatic carbocycles. The number of amides is 1. The molecular weight excluding hydrogens is 511 g/mol. The fraction of sp³-hybridized carbons (Fsp3) is 0.364. The number of hydrogen-bond donors (Lipinski definition) is 0. The highest BCUT2D eigenvalue weighted by atomic mass is 35.5. The molecule has 3 aromatic rings. The zero-order chi connectivity index (χ0) is 29.2. The molecule has 0 spiro atoms. The van der Waals surface area contributed by atoms with Gasteiger partial charge in [0.25, 0.3) is 0 Å². The van der Waals surface area contributed by atoms with Gasteiger partial charge in [-0.05, 0) is 55.0 Å². The van der Waals surface area contributed by atoms with Crippen LogP contribution in [0.2, 0.25) is 5.02 Å². The summed E-state index contributed by atoms with van der Waals surface area (Å²) < 4.78 is 12.6. The Hall–Kier alpha value is -3.49. The van der Waals surface area contributed by atoms with Crippen molar-refractivity contribution >= 4 is 23.3 Å². The first kappa shape index (κ1) is 33.5. The average molecular weight is 551 g/mol. The van der Waals surface area contributed by atoms with Crippen LogP contribution in [0.25, 0.3) is 0 Å². The molecule has 0 aromatic heterocycles. The molecule has 1 atom stereocenters. The van der Waals surface area contributed by atoms with Crippen LogP contribution in [-0.2, 0) is 11.2 Å². The second-order valence-electron chi connectivity index (χ2n) is 9.47. The molecule has 0 aliphatic heterocycles. The fourth-order valence-corrected chi connectivity index (χ4v) is 3.83. The van der Waals surface area contributed by atoms with E-state index in [4.69, 9.17) is 16.9 Å². The Balaban J connectivity index is 0.000000331. The van der Waals surface area contributed by atoms with Crippen LogP contribution in [0.15, 0.2) is 72.8 Å². The summed E-state index contributed by atoms with van der Waals surface area (Å²) >= 11 is 5.71. The molecule has 3 rings (SSSR count). The standard InChI is InChI=1S/C17H25NO2.C8H6ClN.C8H9F/c1-4-14(2)13-18(3)17(20)12-8-11-16(19)15-9-6-5-7-10-15;1-6-2-3-7(5-10)8(9)4-6;1-2-7-5-3-4-6-8(7)9/h5-7,9-10,14H,4,8,11-13H2,1-3H3;2-4H,1H3;3-6H,2H2,1H3/t14-;;/m0../s1. The number of nitriles is 1. The summed E-state index contributed by atoms with van der Waals surface area (Å²) in [4.78, 5) is 25.6. The van der Waals surface area contributed by atoms with Gasteiger partial charge in [-0.2, -0.15) is 5.26 Å². The van der Waals surface area contributed by atoms with E-state index in [0.29, 0.717) is 35.8 Å². The lowest BCUT2D eigenvalue weighted by atomic mass is 10.0. The van der Waals surface area contributed by atoms with Crippen LogP contribution in [-0.4, -0.2) is 30.2 Å². The van der Waals surface area contributed by atoms with Gasteiger partial charge < -0.3 is 4.90 Å². The van der Waals surface area contributed by atoms with Gasteiger partial charge >= 0.3 is 0 Å². The Morgan fingerprint density at radius 2 is 1.64 bits per heavy atom. The van der Waals surface area contributed by atoms with Crippen LogP contribution >= 0.6 is 11.6 Å². The monoisotopic (exact) mass is 550 g/mol. The predicted octanol–water partition coefficient (Wildman–Crippen LogP) is 8.45. The van der Waals surface area contributed by atoms with E-state index in [-0.39, 0.29) is 17.5 Å². The first-order valence-electron chi connectivity index (χ1n) is 13.3. The molecule has 4 nitrogen and oxygen atoms in total. The average Bonchev–Trinajstić information content (AvgIpc) is 2.94. The van der Waals surface area contributed by atoms with Crippen LogP contribution < -0.4 is 0 Å². The van der Waals surface area contributed by atoms with Gasteiger partial charge in [-0.3, -0.25) is 9.59 Å². The molecule has 0 saturated carbocycles. The lowest BCUT2D eigenvalue weighted by molar-refractivity contribution is -0.130. The molecule has 0 aliphatic rings. The lowest BCUT2D eigenvalue weighted by Gasteiger charge is -2.20. The number of nitrogens with zero attached hydrogens (tertiary/aromatic N) is 2. The normalized spacial score (nSPS) is 10.6. The second kappa shape index (κ2) is 18.7. The van der Waals surface area contributed by atoms with Crippen molar-refractivity contribution in [3.8, 4) is 6.07 Å². The van der Waals surface area contributed by atoms with E-state index < -0.39 is 0 Å². The van der Waals surface area contributed by atoms with E-state index in [9.17, 15) is 14.0 Å². The van der Waals surface area contributed by atoms with Gasteiger partial charge in [-0.25, -0.2) is 4.39 Å². The van der Waals surface area contributed by atoms with Crippen LogP contribution in [0.1, 0.15) is 73.5 Å². The smallest absolute Gasteiger partial charge is 0.222 e. The van der Waals surface area contributed by atoms with E-state index in [1.54, 1.807) is 29.2 Å². The number of ketones is 1. The van der Waals surface area contributed by atoms with Crippen LogP contribution in [0, 0.1) is 30.0 Å². The van der Waals surface area contributed by atoms with Crippen LogP contribution in [0.4, 0.5) is 4.39 Å². The van der Waals surface area contributed by atoms with E-state index in [2.05, 4.69) is 13.8 Å². The maximum Gasteiger partial charge on any atom is 0.222 e. The minimum absolute atomic E-state index is 0.0972. The zero-order valence-electron chi connectivity index (χ0n) is 23.7. The summed E-state index contributed by atoms with van der Waals surface area (Å²) in [5, 5.41) is 9.00. The lowest BCUT2D eigenvalue weighted by Crippen LogP contribution is -2.30. The first-order chi connectivity index (χ1) is 18.6. The van der Waals surface area contributed by atoms with Crippen LogP contribution in [0.3, 0.4) is 0 Å². The van der Waals surface area contributed by atoms with Crippen molar-refractivity contribution in [2.75, 3.05) is 13.6 Å². The molecule has 0 fully saturated rings. The Morgan fingerprint density at radius 1 is 1.00 bits per heavy atom.